The molecule has 0 N–H and O–H groups in total. The highest BCUT2D eigenvalue weighted by Crippen LogP contribution is 2.17. The fraction of sp³-hybridized carbons (Fsp3) is 0.222. The number of thioether (sulfide) groups is 1. The Morgan fingerprint density at radius 3 is 2.00 bits per heavy atom. The molecule has 0 heterocycles. The van der Waals surface area contributed by atoms with Crippen molar-refractivity contribution < 1.29 is 19.1 Å². The Labute approximate surface area is 139 Å². The van der Waals surface area contributed by atoms with Gasteiger partial charge in [0.2, 0.25) is 0 Å². The van der Waals surface area contributed by atoms with Crippen molar-refractivity contribution in [2.45, 2.75) is 24.3 Å². The Morgan fingerprint density at radius 2 is 1.35 bits per heavy atom. The molecule has 2 aromatic carbocycles. The Bertz CT molecular complexity index is 613. The Morgan fingerprint density at radius 1 is 0.783 bits per heavy atom. The van der Waals surface area contributed by atoms with Gasteiger partial charge in [-0.25, -0.2) is 0 Å². The topological polar surface area (TPSA) is 52.6 Å². The molecule has 0 aliphatic rings. The van der Waals surface area contributed by atoms with Crippen molar-refractivity contribution >= 4 is 23.7 Å². The van der Waals surface area contributed by atoms with Crippen molar-refractivity contribution in [3.8, 4) is 0 Å². The number of benzene rings is 2. The van der Waals surface area contributed by atoms with Gasteiger partial charge in [-0.2, -0.15) is 0 Å². The highest BCUT2D eigenvalue weighted by Gasteiger charge is 2.09. The summed E-state index contributed by atoms with van der Waals surface area (Å²) in [5.41, 5.74) is 0.919. The quantitative estimate of drug-likeness (QED) is 0.418. The van der Waals surface area contributed by atoms with Gasteiger partial charge < -0.3 is 9.47 Å². The van der Waals surface area contributed by atoms with E-state index >= 15 is 0 Å². The third kappa shape index (κ3) is 7.02. The van der Waals surface area contributed by atoms with Gasteiger partial charge >= 0.3 is 11.9 Å². The summed E-state index contributed by atoms with van der Waals surface area (Å²) in [6.45, 7) is 0.221. The molecule has 0 saturated heterocycles. The summed E-state index contributed by atoms with van der Waals surface area (Å²) in [5, 5.41) is 0. The van der Waals surface area contributed by atoms with Gasteiger partial charge in [0.05, 0.1) is 12.8 Å². The Balaban J connectivity index is 1.57. The van der Waals surface area contributed by atoms with Gasteiger partial charge in [-0.15, -0.1) is 0 Å². The van der Waals surface area contributed by atoms with Crippen LogP contribution in [0, 0.1) is 0 Å². The molecule has 23 heavy (non-hydrogen) atoms. The Hall–Kier alpha value is -2.27. The average Bonchev–Trinajstić information content (AvgIpc) is 2.60. The van der Waals surface area contributed by atoms with Crippen LogP contribution in [0.25, 0.3) is 0 Å². The van der Waals surface area contributed by atoms with Crippen LogP contribution in [0.2, 0.25) is 0 Å². The van der Waals surface area contributed by atoms with Gasteiger partial charge in [0.15, 0.2) is 0 Å². The molecule has 0 unspecified atom stereocenters. The SMILES string of the molecule is O=C(CCC(=O)OCc1ccccc1)OCSc1ccccc1. The zero-order valence-corrected chi connectivity index (χ0v) is 13.5. The molecule has 120 valence electrons. The summed E-state index contributed by atoms with van der Waals surface area (Å²) in [5.74, 6) is -0.561. The highest BCUT2D eigenvalue weighted by atomic mass is 32.2. The van der Waals surface area contributed by atoms with E-state index in [0.29, 0.717) is 0 Å². The zero-order valence-electron chi connectivity index (χ0n) is 12.6. The van der Waals surface area contributed by atoms with Crippen LogP contribution < -0.4 is 0 Å². The first-order chi connectivity index (χ1) is 11.2. The number of esters is 2. The summed E-state index contributed by atoms with van der Waals surface area (Å²) >= 11 is 1.43. The molecule has 0 spiro atoms. The zero-order chi connectivity index (χ0) is 16.3. The normalized spacial score (nSPS) is 10.1. The smallest absolute Gasteiger partial charge is 0.307 e. The van der Waals surface area contributed by atoms with E-state index in [9.17, 15) is 9.59 Å². The van der Waals surface area contributed by atoms with Crippen LogP contribution in [0.4, 0.5) is 0 Å². The molecule has 0 aliphatic carbocycles. The summed E-state index contributed by atoms with van der Waals surface area (Å²) in [6, 6.07) is 19.1. The van der Waals surface area contributed by atoms with E-state index in [-0.39, 0.29) is 25.4 Å². The maximum Gasteiger partial charge on any atom is 0.307 e. The molecule has 2 rings (SSSR count). The molecule has 0 atom stereocenters. The fourth-order valence-corrected chi connectivity index (χ4v) is 2.44. The van der Waals surface area contributed by atoms with Gasteiger partial charge in [-0.1, -0.05) is 60.3 Å². The fourth-order valence-electron chi connectivity index (χ4n) is 1.77. The average molecular weight is 330 g/mol. The monoisotopic (exact) mass is 330 g/mol. The molecule has 0 aliphatic heterocycles. The van der Waals surface area contributed by atoms with Crippen molar-refractivity contribution in [2.75, 3.05) is 5.94 Å². The summed E-state index contributed by atoms with van der Waals surface area (Å²) in [4.78, 5) is 24.2. The van der Waals surface area contributed by atoms with Gasteiger partial charge in [-0.05, 0) is 17.7 Å². The van der Waals surface area contributed by atoms with Crippen molar-refractivity contribution in [1.29, 1.82) is 0 Å². The Kier molecular flexibility index (Phi) is 7.20. The number of carbonyl (C=O) groups excluding carboxylic acids is 2. The molecule has 0 amide bonds. The standard InChI is InChI=1S/C18H18O4S/c19-17(21-13-15-7-3-1-4-8-15)11-12-18(20)22-14-23-16-9-5-2-6-10-16/h1-10H,11-14H2. The molecular formula is C18H18O4S. The molecule has 2 aromatic rings. The number of carbonyl (C=O) groups is 2. The third-order valence-electron chi connectivity index (χ3n) is 2.96. The van der Waals surface area contributed by atoms with Gasteiger partial charge in [0, 0.05) is 4.90 Å². The van der Waals surface area contributed by atoms with Crippen LogP contribution in [-0.2, 0) is 25.7 Å². The van der Waals surface area contributed by atoms with E-state index in [1.165, 1.54) is 11.8 Å². The second-order valence-corrected chi connectivity index (χ2v) is 5.73. The molecule has 4 nitrogen and oxygen atoms in total. The van der Waals surface area contributed by atoms with E-state index < -0.39 is 11.9 Å². The van der Waals surface area contributed by atoms with Crippen LogP contribution >= 0.6 is 11.8 Å². The van der Waals surface area contributed by atoms with Crippen molar-refractivity contribution in [2.24, 2.45) is 0 Å². The minimum Gasteiger partial charge on any atom is -0.461 e. The first-order valence-corrected chi connectivity index (χ1v) is 8.25. The van der Waals surface area contributed by atoms with Crippen LogP contribution in [0.1, 0.15) is 18.4 Å². The summed E-state index contributed by atoms with van der Waals surface area (Å²) in [6.07, 6.45) is 0.0602. The van der Waals surface area contributed by atoms with Crippen LogP contribution in [-0.4, -0.2) is 17.9 Å². The third-order valence-corrected chi connectivity index (χ3v) is 3.81. The van der Waals surface area contributed by atoms with Crippen molar-refractivity contribution in [3.05, 3.63) is 66.2 Å². The second kappa shape index (κ2) is 9.69. The lowest BCUT2D eigenvalue weighted by atomic mass is 10.2. The maximum atomic E-state index is 11.6. The number of hydrogen-bond donors (Lipinski definition) is 0. The van der Waals surface area contributed by atoms with Crippen LogP contribution in [0.5, 0.6) is 0 Å². The maximum absolute atomic E-state index is 11.6. The number of rotatable bonds is 8. The van der Waals surface area contributed by atoms with Crippen molar-refractivity contribution in [1.82, 2.24) is 0 Å². The molecule has 0 aromatic heterocycles. The first kappa shape index (κ1) is 17.1. The van der Waals surface area contributed by atoms with E-state index in [2.05, 4.69) is 0 Å². The summed E-state index contributed by atoms with van der Waals surface area (Å²) in [7, 11) is 0. The summed E-state index contributed by atoms with van der Waals surface area (Å²) < 4.78 is 10.2. The van der Waals surface area contributed by atoms with Gasteiger partial charge in [-0.3, -0.25) is 9.59 Å². The van der Waals surface area contributed by atoms with E-state index in [4.69, 9.17) is 9.47 Å². The molecular weight excluding hydrogens is 312 g/mol. The molecule has 0 radical (unpaired) electrons. The molecule has 0 saturated carbocycles. The number of ether oxygens (including phenoxy) is 2. The van der Waals surface area contributed by atoms with Crippen LogP contribution in [0.3, 0.4) is 0 Å². The van der Waals surface area contributed by atoms with Crippen molar-refractivity contribution in [3.63, 3.8) is 0 Å². The molecule has 0 bridgehead atoms. The van der Waals surface area contributed by atoms with Gasteiger partial charge in [0.1, 0.15) is 12.5 Å². The molecule has 5 heteroatoms. The minimum atomic E-state index is -0.401. The van der Waals surface area contributed by atoms with E-state index in [1.54, 1.807) is 0 Å². The largest absolute Gasteiger partial charge is 0.461 e. The lowest BCUT2D eigenvalue weighted by molar-refractivity contribution is -0.150. The molecule has 0 fully saturated rings. The van der Waals surface area contributed by atoms with E-state index in [0.717, 1.165) is 10.5 Å². The first-order valence-electron chi connectivity index (χ1n) is 7.27. The van der Waals surface area contributed by atoms with E-state index in [1.807, 2.05) is 60.7 Å². The highest BCUT2D eigenvalue weighted by molar-refractivity contribution is 7.99. The minimum absolute atomic E-state index is 0.0294. The predicted octanol–water partition coefficient (Wildman–Crippen LogP) is 3.80. The predicted molar refractivity (Wildman–Crippen MR) is 88.7 cm³/mol. The number of hydrogen-bond acceptors (Lipinski definition) is 5. The lowest BCUT2D eigenvalue weighted by Crippen LogP contribution is -2.10. The second-order valence-electron chi connectivity index (χ2n) is 4.74. The van der Waals surface area contributed by atoms with Gasteiger partial charge in [0.25, 0.3) is 0 Å². The van der Waals surface area contributed by atoms with Crippen LogP contribution in [0.15, 0.2) is 65.6 Å². The lowest BCUT2D eigenvalue weighted by Gasteiger charge is -2.06.